The van der Waals surface area contributed by atoms with E-state index in [-0.39, 0.29) is 17.6 Å². The molecule has 23 heavy (non-hydrogen) atoms. The van der Waals surface area contributed by atoms with Crippen LogP contribution in [0.4, 0.5) is 5.69 Å². The highest BCUT2D eigenvalue weighted by atomic mass is 16.5. The van der Waals surface area contributed by atoms with Crippen LogP contribution in [-0.2, 0) is 4.79 Å². The minimum Gasteiger partial charge on any atom is -0.494 e. The van der Waals surface area contributed by atoms with Crippen LogP contribution >= 0.6 is 0 Å². The first-order valence-electron chi connectivity index (χ1n) is 7.53. The summed E-state index contributed by atoms with van der Waals surface area (Å²) in [6.07, 6.45) is 2.32. The van der Waals surface area contributed by atoms with Crippen molar-refractivity contribution < 1.29 is 18.7 Å². The minimum atomic E-state index is -0.276. The molecular formula is C17H20N2O4. The van der Waals surface area contributed by atoms with Crippen LogP contribution in [0.3, 0.4) is 0 Å². The fourth-order valence-corrected chi connectivity index (χ4v) is 1.97. The Morgan fingerprint density at radius 1 is 1.17 bits per heavy atom. The van der Waals surface area contributed by atoms with Gasteiger partial charge in [-0.1, -0.05) is 0 Å². The fraction of sp³-hybridized carbons (Fsp3) is 0.294. The molecule has 122 valence electrons. The van der Waals surface area contributed by atoms with Crippen LogP contribution in [0, 0.1) is 0 Å². The molecule has 2 amide bonds. The quantitative estimate of drug-likeness (QED) is 0.734. The number of amides is 2. The molecule has 1 aromatic heterocycles. The highest BCUT2D eigenvalue weighted by Crippen LogP contribution is 2.15. The van der Waals surface area contributed by atoms with Crippen LogP contribution in [0.2, 0.25) is 0 Å². The molecule has 0 aliphatic carbocycles. The number of hydrogen-bond donors (Lipinski definition) is 2. The molecule has 0 saturated heterocycles. The van der Waals surface area contributed by atoms with Gasteiger partial charge in [0, 0.05) is 18.7 Å². The Bertz CT molecular complexity index is 621. The summed E-state index contributed by atoms with van der Waals surface area (Å²) in [5.41, 5.74) is 0.720. The molecule has 0 aliphatic heterocycles. The molecule has 0 spiro atoms. The van der Waals surface area contributed by atoms with Crippen molar-refractivity contribution in [3.8, 4) is 5.75 Å². The van der Waals surface area contributed by atoms with Gasteiger partial charge in [0.25, 0.3) is 5.91 Å². The number of benzene rings is 1. The predicted octanol–water partition coefficient (Wildman–Crippen LogP) is 2.83. The molecule has 0 aliphatic rings. The second-order valence-electron chi connectivity index (χ2n) is 4.84. The molecule has 0 saturated carbocycles. The lowest BCUT2D eigenvalue weighted by molar-refractivity contribution is -0.116. The zero-order valence-corrected chi connectivity index (χ0v) is 13.0. The average Bonchev–Trinajstić information content (AvgIpc) is 3.08. The normalized spacial score (nSPS) is 10.1. The third-order valence-corrected chi connectivity index (χ3v) is 3.06. The van der Waals surface area contributed by atoms with E-state index in [1.807, 2.05) is 19.1 Å². The van der Waals surface area contributed by atoms with Gasteiger partial charge < -0.3 is 19.8 Å². The second kappa shape index (κ2) is 8.63. The van der Waals surface area contributed by atoms with Gasteiger partial charge in [-0.05, 0) is 49.7 Å². The molecule has 2 aromatic rings. The van der Waals surface area contributed by atoms with Gasteiger partial charge in [-0.25, -0.2) is 0 Å². The van der Waals surface area contributed by atoms with Crippen LogP contribution in [0.25, 0.3) is 0 Å². The van der Waals surface area contributed by atoms with Gasteiger partial charge in [0.2, 0.25) is 5.91 Å². The lowest BCUT2D eigenvalue weighted by Crippen LogP contribution is -2.25. The Kier molecular flexibility index (Phi) is 6.23. The molecule has 0 bridgehead atoms. The number of furan rings is 1. The Morgan fingerprint density at radius 3 is 2.61 bits per heavy atom. The maximum atomic E-state index is 11.8. The zero-order chi connectivity index (χ0) is 16.5. The molecule has 0 fully saturated rings. The molecule has 1 heterocycles. The maximum Gasteiger partial charge on any atom is 0.286 e. The number of carbonyl (C=O) groups excluding carboxylic acids is 2. The van der Waals surface area contributed by atoms with Crippen molar-refractivity contribution in [3.05, 3.63) is 48.4 Å². The Morgan fingerprint density at radius 2 is 1.96 bits per heavy atom. The summed E-state index contributed by atoms with van der Waals surface area (Å²) in [4.78, 5) is 23.4. The molecule has 1 aromatic carbocycles. The van der Waals surface area contributed by atoms with Gasteiger partial charge in [0.1, 0.15) is 5.75 Å². The number of anilines is 1. The largest absolute Gasteiger partial charge is 0.494 e. The number of carbonyl (C=O) groups is 2. The molecule has 0 atom stereocenters. The average molecular weight is 316 g/mol. The van der Waals surface area contributed by atoms with Crippen LogP contribution in [-0.4, -0.2) is 25.0 Å². The first kappa shape index (κ1) is 16.6. The number of nitrogens with one attached hydrogen (secondary N) is 2. The Hall–Kier alpha value is -2.76. The Balaban J connectivity index is 1.66. The van der Waals surface area contributed by atoms with Crippen molar-refractivity contribution in [2.24, 2.45) is 0 Å². The summed E-state index contributed by atoms with van der Waals surface area (Å²) < 4.78 is 10.3. The van der Waals surface area contributed by atoms with E-state index in [1.165, 1.54) is 6.26 Å². The summed E-state index contributed by atoms with van der Waals surface area (Å²) >= 11 is 0. The fourth-order valence-electron chi connectivity index (χ4n) is 1.97. The molecule has 2 rings (SSSR count). The van der Waals surface area contributed by atoms with Crippen molar-refractivity contribution in [1.29, 1.82) is 0 Å². The van der Waals surface area contributed by atoms with E-state index < -0.39 is 0 Å². The number of rotatable bonds is 8. The lowest BCUT2D eigenvalue weighted by atomic mass is 10.2. The molecule has 6 heteroatoms. The molecular weight excluding hydrogens is 296 g/mol. The van der Waals surface area contributed by atoms with E-state index in [2.05, 4.69) is 10.6 Å². The predicted molar refractivity (Wildman–Crippen MR) is 86.5 cm³/mol. The van der Waals surface area contributed by atoms with Gasteiger partial charge in [0.05, 0.1) is 12.9 Å². The van der Waals surface area contributed by atoms with E-state index in [9.17, 15) is 9.59 Å². The smallest absolute Gasteiger partial charge is 0.286 e. The van der Waals surface area contributed by atoms with E-state index in [1.54, 1.807) is 24.3 Å². The SMILES string of the molecule is CCOc1ccc(NC(=O)CCCNC(=O)c2ccco2)cc1. The zero-order valence-electron chi connectivity index (χ0n) is 13.0. The summed E-state index contributed by atoms with van der Waals surface area (Å²) in [5.74, 6) is 0.665. The third-order valence-electron chi connectivity index (χ3n) is 3.06. The standard InChI is InChI=1S/C17H20N2O4/c1-2-22-14-9-7-13(8-10-14)19-16(20)6-3-11-18-17(21)15-5-4-12-23-15/h4-5,7-10,12H,2-3,6,11H2,1H3,(H,18,21)(H,19,20). The first-order chi connectivity index (χ1) is 11.2. The van der Waals surface area contributed by atoms with Crippen molar-refractivity contribution >= 4 is 17.5 Å². The highest BCUT2D eigenvalue weighted by Gasteiger charge is 2.08. The van der Waals surface area contributed by atoms with Gasteiger partial charge >= 0.3 is 0 Å². The molecule has 6 nitrogen and oxygen atoms in total. The van der Waals surface area contributed by atoms with Crippen LogP contribution in [0.5, 0.6) is 5.75 Å². The summed E-state index contributed by atoms with van der Waals surface area (Å²) in [6, 6.07) is 10.4. The monoisotopic (exact) mass is 316 g/mol. The topological polar surface area (TPSA) is 80.6 Å². The molecule has 0 unspecified atom stereocenters. The van der Waals surface area contributed by atoms with E-state index in [0.717, 1.165) is 11.4 Å². The number of hydrogen-bond acceptors (Lipinski definition) is 4. The van der Waals surface area contributed by atoms with Crippen molar-refractivity contribution in [3.63, 3.8) is 0 Å². The maximum absolute atomic E-state index is 11.8. The van der Waals surface area contributed by atoms with E-state index in [4.69, 9.17) is 9.15 Å². The summed E-state index contributed by atoms with van der Waals surface area (Å²) in [6.45, 7) is 2.94. The van der Waals surface area contributed by atoms with Crippen molar-refractivity contribution in [1.82, 2.24) is 5.32 Å². The molecule has 2 N–H and O–H groups in total. The molecule has 0 radical (unpaired) electrons. The lowest BCUT2D eigenvalue weighted by Gasteiger charge is -2.07. The van der Waals surface area contributed by atoms with E-state index >= 15 is 0 Å². The van der Waals surface area contributed by atoms with Crippen LogP contribution in [0.15, 0.2) is 47.1 Å². The second-order valence-corrected chi connectivity index (χ2v) is 4.84. The number of ether oxygens (including phenoxy) is 1. The van der Waals surface area contributed by atoms with Gasteiger partial charge in [0.15, 0.2) is 5.76 Å². The van der Waals surface area contributed by atoms with Gasteiger partial charge in [-0.3, -0.25) is 9.59 Å². The van der Waals surface area contributed by atoms with E-state index in [0.29, 0.717) is 26.0 Å². The van der Waals surface area contributed by atoms with Crippen molar-refractivity contribution in [2.45, 2.75) is 19.8 Å². The first-order valence-corrected chi connectivity index (χ1v) is 7.53. The summed E-state index contributed by atoms with van der Waals surface area (Å²) in [5, 5.41) is 5.50. The third kappa shape index (κ3) is 5.50. The summed E-state index contributed by atoms with van der Waals surface area (Å²) in [7, 11) is 0. The van der Waals surface area contributed by atoms with Gasteiger partial charge in [-0.15, -0.1) is 0 Å². The Labute approximate surface area is 134 Å². The van der Waals surface area contributed by atoms with Gasteiger partial charge in [-0.2, -0.15) is 0 Å². The van der Waals surface area contributed by atoms with Crippen LogP contribution in [0.1, 0.15) is 30.3 Å². The van der Waals surface area contributed by atoms with Crippen molar-refractivity contribution in [2.75, 3.05) is 18.5 Å². The highest BCUT2D eigenvalue weighted by molar-refractivity contribution is 5.92. The van der Waals surface area contributed by atoms with Crippen LogP contribution < -0.4 is 15.4 Å². The minimum absolute atomic E-state index is 0.0959.